The number of pyridine rings is 2. The lowest BCUT2D eigenvalue weighted by molar-refractivity contribution is 1.08. The number of hydrogen-bond donors (Lipinski definition) is 1. The summed E-state index contributed by atoms with van der Waals surface area (Å²) in [6.07, 6.45) is 9.21. The van der Waals surface area contributed by atoms with Crippen LogP contribution in [0, 0.1) is 0 Å². The highest BCUT2D eigenvalue weighted by Gasteiger charge is 2.06. The summed E-state index contributed by atoms with van der Waals surface area (Å²) >= 11 is 0. The van der Waals surface area contributed by atoms with Gasteiger partial charge in [0.15, 0.2) is 0 Å². The molecule has 0 aliphatic heterocycles. The maximum Gasteiger partial charge on any atom is 0.144 e. The molecule has 0 saturated heterocycles. The first kappa shape index (κ1) is 10.9. The molecule has 20 heavy (non-hydrogen) atoms. The van der Waals surface area contributed by atoms with Crippen molar-refractivity contribution in [2.75, 3.05) is 0 Å². The molecule has 0 unspecified atom stereocenters. The maximum absolute atomic E-state index is 4.43. The second-order valence-corrected chi connectivity index (χ2v) is 4.49. The monoisotopic (exact) mass is 261 g/mol. The Morgan fingerprint density at radius 3 is 2.95 bits per heavy atom. The highest BCUT2D eigenvalue weighted by Crippen LogP contribution is 2.21. The number of rotatable bonds is 2. The molecular formula is C15H11N5. The Morgan fingerprint density at radius 2 is 2.05 bits per heavy atom. The van der Waals surface area contributed by atoms with Gasteiger partial charge in [-0.05, 0) is 30.3 Å². The van der Waals surface area contributed by atoms with Crippen molar-refractivity contribution in [1.29, 1.82) is 0 Å². The van der Waals surface area contributed by atoms with Gasteiger partial charge in [0.1, 0.15) is 5.65 Å². The molecule has 5 heteroatoms. The average Bonchev–Trinajstić information content (AvgIpc) is 3.17. The van der Waals surface area contributed by atoms with Gasteiger partial charge >= 0.3 is 0 Å². The van der Waals surface area contributed by atoms with Gasteiger partial charge in [-0.25, -0.2) is 4.98 Å². The van der Waals surface area contributed by atoms with Crippen molar-refractivity contribution in [3.05, 3.63) is 61.3 Å². The second kappa shape index (κ2) is 4.31. The van der Waals surface area contributed by atoms with Crippen LogP contribution < -0.4 is 0 Å². The Morgan fingerprint density at radius 1 is 1.05 bits per heavy atom. The number of H-pyrrole nitrogens is 1. The molecule has 1 N–H and O–H groups in total. The van der Waals surface area contributed by atoms with Crippen molar-refractivity contribution < 1.29 is 0 Å². The van der Waals surface area contributed by atoms with Crippen LogP contribution in [-0.4, -0.2) is 24.7 Å². The first-order valence-corrected chi connectivity index (χ1v) is 6.29. The maximum atomic E-state index is 4.43. The zero-order chi connectivity index (χ0) is 13.4. The van der Waals surface area contributed by atoms with Crippen molar-refractivity contribution in [2.45, 2.75) is 0 Å². The van der Waals surface area contributed by atoms with Gasteiger partial charge in [0.05, 0.1) is 17.6 Å². The molecule has 96 valence electrons. The van der Waals surface area contributed by atoms with Crippen molar-refractivity contribution in [2.24, 2.45) is 0 Å². The van der Waals surface area contributed by atoms with E-state index in [9.17, 15) is 0 Å². The molecule has 5 nitrogen and oxygen atoms in total. The number of nitrogens with zero attached hydrogens (tertiary/aromatic N) is 4. The zero-order valence-electron chi connectivity index (χ0n) is 10.6. The van der Waals surface area contributed by atoms with Gasteiger partial charge in [-0.2, -0.15) is 5.10 Å². The Kier molecular flexibility index (Phi) is 2.35. The minimum Gasteiger partial charge on any atom is -0.301 e. The summed E-state index contributed by atoms with van der Waals surface area (Å²) in [5.74, 6) is 0. The Bertz CT molecular complexity index is 861. The third kappa shape index (κ3) is 1.68. The van der Waals surface area contributed by atoms with E-state index in [-0.39, 0.29) is 0 Å². The summed E-state index contributed by atoms with van der Waals surface area (Å²) in [4.78, 5) is 8.81. The molecule has 0 aliphatic rings. The lowest BCUT2D eigenvalue weighted by Gasteiger charge is -2.06. The SMILES string of the molecule is c1cnc2c(c1)ccn2-c1ccnc(-c2cn[nH]c2)c1. The highest BCUT2D eigenvalue weighted by atomic mass is 15.1. The molecule has 0 bridgehead atoms. The topological polar surface area (TPSA) is 59.4 Å². The normalized spacial score (nSPS) is 11.0. The molecule has 0 saturated carbocycles. The summed E-state index contributed by atoms with van der Waals surface area (Å²) in [7, 11) is 0. The predicted molar refractivity (Wildman–Crippen MR) is 76.4 cm³/mol. The van der Waals surface area contributed by atoms with Crippen LogP contribution >= 0.6 is 0 Å². The third-order valence-corrected chi connectivity index (χ3v) is 3.26. The summed E-state index contributed by atoms with van der Waals surface area (Å²) in [6, 6.07) is 10.0. The Hall–Kier alpha value is -2.95. The van der Waals surface area contributed by atoms with E-state index in [2.05, 4.69) is 36.9 Å². The smallest absolute Gasteiger partial charge is 0.144 e. The van der Waals surface area contributed by atoms with E-state index in [4.69, 9.17) is 0 Å². The molecule has 4 aromatic heterocycles. The molecule has 4 heterocycles. The molecule has 0 radical (unpaired) electrons. The number of aromatic amines is 1. The van der Waals surface area contributed by atoms with E-state index in [0.29, 0.717) is 0 Å². The molecular weight excluding hydrogens is 250 g/mol. The van der Waals surface area contributed by atoms with E-state index in [0.717, 1.165) is 28.0 Å². The Labute approximate surface area is 114 Å². The first-order chi connectivity index (χ1) is 9.92. The second-order valence-electron chi connectivity index (χ2n) is 4.49. The van der Waals surface area contributed by atoms with E-state index in [1.165, 1.54) is 0 Å². The van der Waals surface area contributed by atoms with Gasteiger partial charge in [-0.3, -0.25) is 10.1 Å². The summed E-state index contributed by atoms with van der Waals surface area (Å²) in [6.45, 7) is 0. The van der Waals surface area contributed by atoms with Gasteiger partial charge in [0.2, 0.25) is 0 Å². The predicted octanol–water partition coefficient (Wildman–Crippen LogP) is 2.81. The van der Waals surface area contributed by atoms with E-state index in [1.54, 1.807) is 18.6 Å². The molecule has 4 rings (SSSR count). The fourth-order valence-electron chi connectivity index (χ4n) is 2.29. The molecule has 0 amide bonds. The quantitative estimate of drug-likeness (QED) is 0.603. The molecule has 0 aromatic carbocycles. The van der Waals surface area contributed by atoms with Crippen molar-refractivity contribution in [1.82, 2.24) is 24.7 Å². The van der Waals surface area contributed by atoms with Crippen molar-refractivity contribution in [3.63, 3.8) is 0 Å². The van der Waals surface area contributed by atoms with Crippen LogP contribution in [-0.2, 0) is 0 Å². The number of nitrogens with one attached hydrogen (secondary N) is 1. The minimum absolute atomic E-state index is 0.883. The van der Waals surface area contributed by atoms with Gasteiger partial charge < -0.3 is 4.57 Å². The van der Waals surface area contributed by atoms with Crippen LogP contribution in [0.3, 0.4) is 0 Å². The zero-order valence-corrected chi connectivity index (χ0v) is 10.6. The molecule has 4 aromatic rings. The fourth-order valence-corrected chi connectivity index (χ4v) is 2.29. The largest absolute Gasteiger partial charge is 0.301 e. The number of hydrogen-bond acceptors (Lipinski definition) is 3. The van der Waals surface area contributed by atoms with E-state index < -0.39 is 0 Å². The third-order valence-electron chi connectivity index (χ3n) is 3.26. The summed E-state index contributed by atoms with van der Waals surface area (Å²) in [5, 5.41) is 7.88. The number of aromatic nitrogens is 5. The van der Waals surface area contributed by atoms with Crippen LogP contribution in [0.4, 0.5) is 0 Å². The van der Waals surface area contributed by atoms with Crippen molar-refractivity contribution in [3.8, 4) is 16.9 Å². The summed E-state index contributed by atoms with van der Waals surface area (Å²) in [5.41, 5.74) is 3.83. The molecule has 0 fully saturated rings. The lowest BCUT2D eigenvalue weighted by Crippen LogP contribution is -1.94. The van der Waals surface area contributed by atoms with Gasteiger partial charge in [-0.1, -0.05) is 0 Å². The van der Waals surface area contributed by atoms with Crippen LogP contribution in [0.5, 0.6) is 0 Å². The van der Waals surface area contributed by atoms with Gasteiger partial charge in [0, 0.05) is 35.7 Å². The Balaban J connectivity index is 1.88. The van der Waals surface area contributed by atoms with Crippen molar-refractivity contribution >= 4 is 11.0 Å². The van der Waals surface area contributed by atoms with Crippen LogP contribution in [0.2, 0.25) is 0 Å². The van der Waals surface area contributed by atoms with Crippen LogP contribution in [0.15, 0.2) is 61.3 Å². The summed E-state index contributed by atoms with van der Waals surface area (Å²) < 4.78 is 2.06. The lowest BCUT2D eigenvalue weighted by atomic mass is 10.2. The van der Waals surface area contributed by atoms with Crippen LogP contribution in [0.25, 0.3) is 28.0 Å². The minimum atomic E-state index is 0.883. The first-order valence-electron chi connectivity index (χ1n) is 6.29. The highest BCUT2D eigenvalue weighted by molar-refractivity contribution is 5.78. The fraction of sp³-hybridized carbons (Fsp3) is 0. The average molecular weight is 261 g/mol. The van der Waals surface area contributed by atoms with Gasteiger partial charge in [-0.15, -0.1) is 0 Å². The van der Waals surface area contributed by atoms with E-state index >= 15 is 0 Å². The standard InChI is InChI=1S/C15H11N5/c1-2-11-4-7-20(15(11)17-5-1)13-3-6-16-14(8-13)12-9-18-19-10-12/h1-10H,(H,18,19). The molecule has 0 aliphatic carbocycles. The van der Waals surface area contributed by atoms with E-state index in [1.807, 2.05) is 30.6 Å². The molecule has 0 atom stereocenters. The van der Waals surface area contributed by atoms with Crippen LogP contribution in [0.1, 0.15) is 0 Å². The molecule has 0 spiro atoms. The van der Waals surface area contributed by atoms with Gasteiger partial charge in [0.25, 0.3) is 0 Å². The number of fused-ring (bicyclic) bond motifs is 1.